The van der Waals surface area contributed by atoms with E-state index in [0.29, 0.717) is 5.41 Å². The van der Waals surface area contributed by atoms with Crippen molar-refractivity contribution < 1.29 is 0 Å². The fourth-order valence-electron chi connectivity index (χ4n) is 3.30. The van der Waals surface area contributed by atoms with E-state index in [2.05, 4.69) is 24.3 Å². The molecule has 2 bridgehead atoms. The molecule has 3 aliphatic rings. The van der Waals surface area contributed by atoms with Gasteiger partial charge in [0.05, 0.1) is 0 Å². The van der Waals surface area contributed by atoms with Gasteiger partial charge in [0, 0.05) is 11.8 Å². The highest BCUT2D eigenvalue weighted by atomic mass is 14.5. The van der Waals surface area contributed by atoms with Gasteiger partial charge in [-0.1, -0.05) is 37.1 Å². The molecular weight excluding hydrogens is 132 g/mol. The van der Waals surface area contributed by atoms with Crippen LogP contribution >= 0.6 is 0 Å². The molecule has 0 atom stereocenters. The molecule has 11 heavy (non-hydrogen) atoms. The van der Waals surface area contributed by atoms with Crippen molar-refractivity contribution in [2.24, 2.45) is 17.3 Å². The van der Waals surface area contributed by atoms with E-state index in [1.807, 2.05) is 0 Å². The maximum absolute atomic E-state index is 2.43. The van der Waals surface area contributed by atoms with Crippen LogP contribution in [0.2, 0.25) is 0 Å². The highest BCUT2D eigenvalue weighted by Gasteiger charge is 2.49. The maximum atomic E-state index is 2.43. The predicted octanol–water partition coefficient (Wildman–Crippen LogP) is 2.92. The van der Waals surface area contributed by atoms with Crippen molar-refractivity contribution in [1.29, 1.82) is 0 Å². The second-order valence-corrected chi connectivity index (χ2v) is 4.26. The summed E-state index contributed by atoms with van der Waals surface area (Å²) in [5.74, 6) is 1.63. The number of allylic oxidation sites excluding steroid dienone is 4. The molecule has 0 saturated heterocycles. The molecule has 0 nitrogen and oxygen atoms in total. The van der Waals surface area contributed by atoms with Crippen LogP contribution in [0.1, 0.15) is 25.7 Å². The van der Waals surface area contributed by atoms with Gasteiger partial charge in [0.15, 0.2) is 0 Å². The third-order valence-corrected chi connectivity index (χ3v) is 3.91. The summed E-state index contributed by atoms with van der Waals surface area (Å²) in [4.78, 5) is 0. The number of hydrogen-bond donors (Lipinski definition) is 0. The van der Waals surface area contributed by atoms with Gasteiger partial charge in [0.25, 0.3) is 0 Å². The lowest BCUT2D eigenvalue weighted by atomic mass is 9.74. The average molecular weight is 146 g/mol. The van der Waals surface area contributed by atoms with E-state index in [0.717, 1.165) is 11.8 Å². The highest BCUT2D eigenvalue weighted by molar-refractivity contribution is 5.31. The monoisotopic (exact) mass is 146 g/mol. The summed E-state index contributed by atoms with van der Waals surface area (Å²) in [6, 6.07) is 0. The highest BCUT2D eigenvalue weighted by Crippen LogP contribution is 2.58. The minimum Gasteiger partial charge on any atom is -0.0804 e. The van der Waals surface area contributed by atoms with E-state index >= 15 is 0 Å². The zero-order valence-corrected chi connectivity index (χ0v) is 6.79. The van der Waals surface area contributed by atoms with Crippen molar-refractivity contribution in [3.05, 3.63) is 24.3 Å². The van der Waals surface area contributed by atoms with Crippen LogP contribution in [0.4, 0.5) is 0 Å². The summed E-state index contributed by atoms with van der Waals surface area (Å²) in [7, 11) is 0. The SMILES string of the molecule is C1=CC2C=CC1C21CCCC1. The molecule has 3 rings (SSSR count). The zero-order valence-electron chi connectivity index (χ0n) is 6.79. The third kappa shape index (κ3) is 0.571. The Morgan fingerprint density at radius 1 is 0.818 bits per heavy atom. The van der Waals surface area contributed by atoms with Crippen molar-refractivity contribution in [2.45, 2.75) is 25.7 Å². The second kappa shape index (κ2) is 1.80. The second-order valence-electron chi connectivity index (χ2n) is 4.26. The quantitative estimate of drug-likeness (QED) is 0.461. The Bertz CT molecular complexity index is 196. The first-order chi connectivity index (χ1) is 5.42. The van der Waals surface area contributed by atoms with Gasteiger partial charge in [0.2, 0.25) is 0 Å². The van der Waals surface area contributed by atoms with Crippen molar-refractivity contribution in [3.63, 3.8) is 0 Å². The molecule has 0 N–H and O–H groups in total. The standard InChI is InChI=1S/C11H14/c1-2-8-11(7-1)9-3-4-10(11)6-5-9/h3-6,9-10H,1-2,7-8H2. The molecule has 0 heteroatoms. The van der Waals surface area contributed by atoms with Crippen molar-refractivity contribution in [2.75, 3.05) is 0 Å². The molecule has 0 radical (unpaired) electrons. The summed E-state index contributed by atoms with van der Waals surface area (Å²) in [5, 5.41) is 0. The van der Waals surface area contributed by atoms with Gasteiger partial charge >= 0.3 is 0 Å². The minimum absolute atomic E-state index is 0.694. The fraction of sp³-hybridized carbons (Fsp3) is 0.636. The molecule has 3 aliphatic carbocycles. The summed E-state index contributed by atoms with van der Waals surface area (Å²) in [6.45, 7) is 0. The van der Waals surface area contributed by atoms with Gasteiger partial charge in [-0.15, -0.1) is 0 Å². The fourth-order valence-corrected chi connectivity index (χ4v) is 3.30. The van der Waals surface area contributed by atoms with Crippen LogP contribution in [0.25, 0.3) is 0 Å². The predicted molar refractivity (Wildman–Crippen MR) is 46.2 cm³/mol. The molecule has 1 fully saturated rings. The lowest BCUT2D eigenvalue weighted by Crippen LogP contribution is -2.23. The van der Waals surface area contributed by atoms with E-state index in [1.165, 1.54) is 25.7 Å². The normalized spacial score (nSPS) is 42.9. The van der Waals surface area contributed by atoms with Gasteiger partial charge in [-0.3, -0.25) is 0 Å². The van der Waals surface area contributed by atoms with Gasteiger partial charge in [-0.25, -0.2) is 0 Å². The van der Waals surface area contributed by atoms with E-state index in [4.69, 9.17) is 0 Å². The summed E-state index contributed by atoms with van der Waals surface area (Å²) in [5.41, 5.74) is 0.694. The molecular formula is C11H14. The largest absolute Gasteiger partial charge is 0.0804 e. The molecule has 0 aromatic carbocycles. The molecule has 0 aromatic heterocycles. The summed E-state index contributed by atoms with van der Waals surface area (Å²) < 4.78 is 0. The Balaban J connectivity index is 2.02. The zero-order chi connectivity index (χ0) is 7.31. The van der Waals surface area contributed by atoms with Crippen LogP contribution in [0, 0.1) is 17.3 Å². The van der Waals surface area contributed by atoms with Crippen LogP contribution in [-0.4, -0.2) is 0 Å². The van der Waals surface area contributed by atoms with E-state index < -0.39 is 0 Å². The van der Waals surface area contributed by atoms with Crippen LogP contribution in [0.15, 0.2) is 24.3 Å². The molecule has 0 amide bonds. The van der Waals surface area contributed by atoms with Crippen LogP contribution in [0.3, 0.4) is 0 Å². The Hall–Kier alpha value is -0.520. The molecule has 0 heterocycles. The maximum Gasteiger partial charge on any atom is 0.00121 e. The Morgan fingerprint density at radius 3 is 1.73 bits per heavy atom. The van der Waals surface area contributed by atoms with Crippen molar-refractivity contribution >= 4 is 0 Å². The molecule has 1 spiro atoms. The van der Waals surface area contributed by atoms with E-state index in [1.54, 1.807) is 0 Å². The topological polar surface area (TPSA) is 0 Å². The van der Waals surface area contributed by atoms with Gasteiger partial charge in [-0.2, -0.15) is 0 Å². The Labute approximate surface area is 68.0 Å². The summed E-state index contributed by atoms with van der Waals surface area (Å²) in [6.07, 6.45) is 15.6. The lowest BCUT2D eigenvalue weighted by Gasteiger charge is -2.29. The van der Waals surface area contributed by atoms with Crippen LogP contribution < -0.4 is 0 Å². The Kier molecular flexibility index (Phi) is 0.988. The number of rotatable bonds is 0. The van der Waals surface area contributed by atoms with Crippen molar-refractivity contribution in [3.8, 4) is 0 Å². The van der Waals surface area contributed by atoms with Gasteiger partial charge < -0.3 is 0 Å². The van der Waals surface area contributed by atoms with Crippen molar-refractivity contribution in [1.82, 2.24) is 0 Å². The first-order valence-corrected chi connectivity index (χ1v) is 4.78. The van der Waals surface area contributed by atoms with Crippen LogP contribution in [-0.2, 0) is 0 Å². The van der Waals surface area contributed by atoms with Crippen LogP contribution in [0.5, 0.6) is 0 Å². The summed E-state index contributed by atoms with van der Waals surface area (Å²) >= 11 is 0. The van der Waals surface area contributed by atoms with E-state index in [9.17, 15) is 0 Å². The number of hydrogen-bond acceptors (Lipinski definition) is 0. The molecule has 0 aliphatic heterocycles. The third-order valence-electron chi connectivity index (χ3n) is 3.91. The van der Waals surface area contributed by atoms with Gasteiger partial charge in [-0.05, 0) is 18.3 Å². The van der Waals surface area contributed by atoms with E-state index in [-0.39, 0.29) is 0 Å². The smallest absolute Gasteiger partial charge is 0.00121 e. The molecule has 0 aromatic rings. The molecule has 58 valence electrons. The first kappa shape index (κ1) is 6.05. The molecule has 0 unspecified atom stereocenters. The Morgan fingerprint density at radius 2 is 1.27 bits per heavy atom. The minimum atomic E-state index is 0.694. The first-order valence-electron chi connectivity index (χ1n) is 4.78. The lowest BCUT2D eigenvalue weighted by molar-refractivity contribution is 0.236. The average Bonchev–Trinajstić information content (AvgIpc) is 2.72. The molecule has 1 saturated carbocycles. The van der Waals surface area contributed by atoms with Gasteiger partial charge in [0.1, 0.15) is 0 Å².